The maximum absolute atomic E-state index is 12.8. The second-order valence-electron chi connectivity index (χ2n) is 6.42. The fraction of sp³-hybridized carbons (Fsp3) is 0.350. The SMILES string of the molecule is COc1ccc(COC(=O)c2cc(S(=O)(=O)N3CCOCC3)ccc2C)cc1. The highest BCUT2D eigenvalue weighted by Gasteiger charge is 2.27. The number of carbonyl (C=O) groups is 1. The highest BCUT2D eigenvalue weighted by molar-refractivity contribution is 7.89. The van der Waals surface area contributed by atoms with E-state index >= 15 is 0 Å². The number of esters is 1. The van der Waals surface area contributed by atoms with Crippen LogP contribution in [0.3, 0.4) is 0 Å². The minimum absolute atomic E-state index is 0.0800. The summed E-state index contributed by atoms with van der Waals surface area (Å²) in [5.41, 5.74) is 1.70. The van der Waals surface area contributed by atoms with Gasteiger partial charge in [-0.1, -0.05) is 18.2 Å². The van der Waals surface area contributed by atoms with Crippen LogP contribution in [0.15, 0.2) is 47.4 Å². The predicted octanol–water partition coefficient (Wildman–Crippen LogP) is 2.38. The fourth-order valence-corrected chi connectivity index (χ4v) is 4.30. The average molecular weight is 405 g/mol. The van der Waals surface area contributed by atoms with Gasteiger partial charge in [0, 0.05) is 13.1 Å². The summed E-state index contributed by atoms with van der Waals surface area (Å²) in [4.78, 5) is 12.6. The molecule has 2 aromatic carbocycles. The molecule has 0 spiro atoms. The van der Waals surface area contributed by atoms with E-state index in [1.54, 1.807) is 44.4 Å². The molecular formula is C20H23NO6S. The number of sulfonamides is 1. The number of hydrogen-bond acceptors (Lipinski definition) is 6. The number of methoxy groups -OCH3 is 1. The Morgan fingerprint density at radius 3 is 2.43 bits per heavy atom. The van der Waals surface area contributed by atoms with Crippen molar-refractivity contribution < 1.29 is 27.4 Å². The Hall–Kier alpha value is -2.42. The van der Waals surface area contributed by atoms with Gasteiger partial charge in [0.15, 0.2) is 0 Å². The fourth-order valence-electron chi connectivity index (χ4n) is 2.87. The number of ether oxygens (including phenoxy) is 3. The van der Waals surface area contributed by atoms with Gasteiger partial charge in [-0.3, -0.25) is 0 Å². The molecule has 0 atom stereocenters. The summed E-state index contributed by atoms with van der Waals surface area (Å²) in [6.07, 6.45) is 0. The van der Waals surface area contributed by atoms with Crippen molar-refractivity contribution in [2.75, 3.05) is 33.4 Å². The second kappa shape index (κ2) is 8.72. The van der Waals surface area contributed by atoms with Gasteiger partial charge in [0.2, 0.25) is 10.0 Å². The van der Waals surface area contributed by atoms with Gasteiger partial charge in [0.1, 0.15) is 12.4 Å². The molecule has 0 aliphatic carbocycles. The molecule has 7 nitrogen and oxygen atoms in total. The van der Waals surface area contributed by atoms with E-state index in [0.717, 1.165) is 5.56 Å². The van der Waals surface area contributed by atoms with Crippen molar-refractivity contribution in [1.29, 1.82) is 0 Å². The second-order valence-corrected chi connectivity index (χ2v) is 8.36. The molecule has 0 N–H and O–H groups in total. The van der Waals surface area contributed by atoms with Crippen molar-refractivity contribution in [3.63, 3.8) is 0 Å². The summed E-state index contributed by atoms with van der Waals surface area (Å²) in [6, 6.07) is 11.7. The van der Waals surface area contributed by atoms with Crippen LogP contribution in [0.1, 0.15) is 21.5 Å². The molecule has 150 valence electrons. The smallest absolute Gasteiger partial charge is 0.338 e. The van der Waals surface area contributed by atoms with Gasteiger partial charge in [0.05, 0.1) is 30.8 Å². The van der Waals surface area contributed by atoms with E-state index in [2.05, 4.69) is 0 Å². The zero-order chi connectivity index (χ0) is 20.1. The van der Waals surface area contributed by atoms with Crippen LogP contribution in [0, 0.1) is 6.92 Å². The quantitative estimate of drug-likeness (QED) is 0.687. The Labute approximate surface area is 164 Å². The first-order valence-electron chi connectivity index (χ1n) is 8.90. The Morgan fingerprint density at radius 2 is 1.79 bits per heavy atom. The van der Waals surface area contributed by atoms with Crippen LogP contribution in [0.5, 0.6) is 5.75 Å². The van der Waals surface area contributed by atoms with E-state index in [4.69, 9.17) is 14.2 Å². The molecule has 1 aliphatic heterocycles. The zero-order valence-electron chi connectivity index (χ0n) is 15.9. The number of hydrogen-bond donors (Lipinski definition) is 0. The summed E-state index contributed by atoms with van der Waals surface area (Å²) in [5.74, 6) is 0.152. The molecule has 0 bridgehead atoms. The summed E-state index contributed by atoms with van der Waals surface area (Å²) in [7, 11) is -2.10. The maximum Gasteiger partial charge on any atom is 0.338 e. The standard InChI is InChI=1S/C20H23NO6S/c1-15-3-8-18(28(23,24)21-9-11-26-12-10-21)13-19(15)20(22)27-14-16-4-6-17(25-2)7-5-16/h3-8,13H,9-12,14H2,1-2H3. The van der Waals surface area contributed by atoms with Gasteiger partial charge in [0.25, 0.3) is 0 Å². The maximum atomic E-state index is 12.8. The summed E-state index contributed by atoms with van der Waals surface area (Å²) in [5, 5.41) is 0. The van der Waals surface area contributed by atoms with Crippen LogP contribution in [0.2, 0.25) is 0 Å². The van der Waals surface area contributed by atoms with Crippen LogP contribution < -0.4 is 4.74 Å². The van der Waals surface area contributed by atoms with Crippen molar-refractivity contribution in [1.82, 2.24) is 4.31 Å². The van der Waals surface area contributed by atoms with Crippen molar-refractivity contribution in [3.8, 4) is 5.75 Å². The van der Waals surface area contributed by atoms with Gasteiger partial charge in [-0.25, -0.2) is 13.2 Å². The Kier molecular flexibility index (Phi) is 6.33. The third kappa shape index (κ3) is 4.52. The molecule has 1 saturated heterocycles. The number of morpholine rings is 1. The highest BCUT2D eigenvalue weighted by atomic mass is 32.2. The summed E-state index contributed by atoms with van der Waals surface area (Å²) >= 11 is 0. The van der Waals surface area contributed by atoms with Crippen LogP contribution in [-0.4, -0.2) is 52.1 Å². The minimum Gasteiger partial charge on any atom is -0.497 e. The van der Waals surface area contributed by atoms with Crippen molar-refractivity contribution in [3.05, 3.63) is 59.2 Å². The van der Waals surface area contributed by atoms with Gasteiger partial charge >= 0.3 is 5.97 Å². The molecule has 1 heterocycles. The number of carbonyl (C=O) groups excluding carboxylic acids is 1. The van der Waals surface area contributed by atoms with Gasteiger partial charge in [-0.2, -0.15) is 4.31 Å². The molecule has 0 saturated carbocycles. The largest absolute Gasteiger partial charge is 0.497 e. The Bertz CT molecular complexity index is 934. The van der Waals surface area contributed by atoms with Gasteiger partial charge in [-0.15, -0.1) is 0 Å². The molecule has 2 aromatic rings. The molecule has 1 fully saturated rings. The lowest BCUT2D eigenvalue weighted by molar-refractivity contribution is 0.0471. The predicted molar refractivity (Wildman–Crippen MR) is 103 cm³/mol. The highest BCUT2D eigenvalue weighted by Crippen LogP contribution is 2.22. The molecule has 0 aromatic heterocycles. The molecule has 0 unspecified atom stereocenters. The normalized spacial score (nSPS) is 15.2. The lowest BCUT2D eigenvalue weighted by Gasteiger charge is -2.26. The zero-order valence-corrected chi connectivity index (χ0v) is 16.7. The average Bonchev–Trinajstić information content (AvgIpc) is 2.73. The van der Waals surface area contributed by atoms with Crippen LogP contribution in [-0.2, 0) is 26.1 Å². The lowest BCUT2D eigenvalue weighted by Crippen LogP contribution is -2.40. The van der Waals surface area contributed by atoms with Gasteiger partial charge in [-0.05, 0) is 42.3 Å². The molecule has 0 amide bonds. The molecular weight excluding hydrogens is 382 g/mol. The first-order valence-corrected chi connectivity index (χ1v) is 10.3. The molecule has 28 heavy (non-hydrogen) atoms. The third-order valence-electron chi connectivity index (χ3n) is 4.57. The Morgan fingerprint density at radius 1 is 1.11 bits per heavy atom. The summed E-state index contributed by atoms with van der Waals surface area (Å²) in [6.45, 7) is 3.16. The first kappa shape index (κ1) is 20.3. The number of rotatable bonds is 6. The van der Waals surface area contributed by atoms with E-state index < -0.39 is 16.0 Å². The van der Waals surface area contributed by atoms with Crippen molar-refractivity contribution in [2.45, 2.75) is 18.4 Å². The van der Waals surface area contributed by atoms with Crippen LogP contribution in [0.4, 0.5) is 0 Å². The van der Waals surface area contributed by atoms with E-state index in [9.17, 15) is 13.2 Å². The van der Waals surface area contributed by atoms with Gasteiger partial charge < -0.3 is 14.2 Å². The van der Waals surface area contributed by atoms with Crippen molar-refractivity contribution in [2.24, 2.45) is 0 Å². The van der Waals surface area contributed by atoms with E-state index in [1.807, 2.05) is 0 Å². The number of aryl methyl sites for hydroxylation is 1. The van der Waals surface area contributed by atoms with E-state index in [-0.39, 0.29) is 17.1 Å². The molecule has 8 heteroatoms. The van der Waals surface area contributed by atoms with Crippen LogP contribution in [0.25, 0.3) is 0 Å². The summed E-state index contributed by atoms with van der Waals surface area (Å²) < 4.78 is 42.7. The van der Waals surface area contributed by atoms with Crippen LogP contribution >= 0.6 is 0 Å². The minimum atomic E-state index is -3.68. The number of benzene rings is 2. The molecule has 3 rings (SSSR count). The lowest BCUT2D eigenvalue weighted by atomic mass is 10.1. The molecule has 0 radical (unpaired) electrons. The number of nitrogens with zero attached hydrogens (tertiary/aromatic N) is 1. The van der Waals surface area contributed by atoms with E-state index in [1.165, 1.54) is 16.4 Å². The third-order valence-corrected chi connectivity index (χ3v) is 6.46. The van der Waals surface area contributed by atoms with Crippen molar-refractivity contribution >= 4 is 16.0 Å². The Balaban J connectivity index is 1.75. The van der Waals surface area contributed by atoms with E-state index in [0.29, 0.717) is 37.6 Å². The first-order chi connectivity index (χ1) is 13.4. The monoisotopic (exact) mass is 405 g/mol. The molecule has 1 aliphatic rings. The topological polar surface area (TPSA) is 82.1 Å².